The predicted octanol–water partition coefficient (Wildman–Crippen LogP) is 9.41. The summed E-state index contributed by atoms with van der Waals surface area (Å²) in [6.45, 7) is 3.19. The van der Waals surface area contributed by atoms with Gasteiger partial charge in [-0.2, -0.15) is 8.42 Å². The fourth-order valence-electron chi connectivity index (χ4n) is 7.66. The SMILES string of the molecule is CCCCCCCC/C=C\CCCCCCCCC(O)C(=O)NC(COC1OC(CO)C(O)C(OS(=O)(=O)O)C1O)C(O)/C=C/CC/C=C/CC/C=C/CCCCCCCCCCC. The minimum atomic E-state index is -5.13. The van der Waals surface area contributed by atoms with Crippen LogP contribution in [0.1, 0.15) is 200 Å². The molecule has 1 fully saturated rings. The molecular weight excluding hydrogens is 839 g/mol. The zero-order chi connectivity index (χ0) is 47.1. The zero-order valence-electron chi connectivity index (χ0n) is 39.7. The topological polar surface area (TPSA) is 212 Å². The largest absolute Gasteiger partial charge is 0.397 e. The van der Waals surface area contributed by atoms with Gasteiger partial charge in [-0.05, 0) is 70.6 Å². The number of amides is 1. The van der Waals surface area contributed by atoms with Gasteiger partial charge in [-0.3, -0.25) is 9.35 Å². The highest BCUT2D eigenvalue weighted by molar-refractivity contribution is 7.80. The number of nitrogens with one attached hydrogen (secondary N) is 1. The van der Waals surface area contributed by atoms with E-state index in [1.807, 2.05) is 0 Å². The van der Waals surface area contributed by atoms with Crippen LogP contribution in [0.15, 0.2) is 48.6 Å². The summed E-state index contributed by atoms with van der Waals surface area (Å²) >= 11 is 0. The summed E-state index contributed by atoms with van der Waals surface area (Å²) in [4.78, 5) is 13.1. The molecule has 0 bridgehead atoms. The highest BCUT2D eigenvalue weighted by Crippen LogP contribution is 2.26. The van der Waals surface area contributed by atoms with Crippen molar-refractivity contribution in [3.63, 3.8) is 0 Å². The quantitative estimate of drug-likeness (QED) is 0.0173. The number of carbonyl (C=O) groups excluding carboxylic acids is 1. The summed E-state index contributed by atoms with van der Waals surface area (Å²) in [5.41, 5.74) is 0. The van der Waals surface area contributed by atoms with Crippen LogP contribution < -0.4 is 5.32 Å². The van der Waals surface area contributed by atoms with Crippen molar-refractivity contribution in [3.8, 4) is 0 Å². The fraction of sp³-hybridized carbons (Fsp3) is 0.820. The molecule has 13 nitrogen and oxygen atoms in total. The van der Waals surface area contributed by atoms with Crippen LogP contribution >= 0.6 is 0 Å². The second-order valence-electron chi connectivity index (χ2n) is 17.5. The number of allylic oxidation sites excluding steroid dienone is 7. The van der Waals surface area contributed by atoms with Crippen LogP contribution in [0.2, 0.25) is 0 Å². The van der Waals surface area contributed by atoms with Gasteiger partial charge in [0.25, 0.3) is 0 Å². The maximum absolute atomic E-state index is 13.1. The average molecular weight is 930 g/mol. The molecule has 8 atom stereocenters. The van der Waals surface area contributed by atoms with Crippen molar-refractivity contribution in [3.05, 3.63) is 48.6 Å². The van der Waals surface area contributed by atoms with Crippen LogP contribution in [0, 0.1) is 0 Å². The fourth-order valence-corrected chi connectivity index (χ4v) is 8.17. The molecule has 1 aliphatic heterocycles. The molecule has 7 N–H and O–H groups in total. The molecule has 14 heteroatoms. The Kier molecular flexibility index (Phi) is 37.6. The van der Waals surface area contributed by atoms with Crippen LogP contribution in [0.3, 0.4) is 0 Å². The van der Waals surface area contributed by atoms with Crippen LogP contribution in [0.25, 0.3) is 0 Å². The Morgan fingerprint density at radius 2 is 1.05 bits per heavy atom. The number of hydrogen-bond acceptors (Lipinski definition) is 11. The second-order valence-corrected chi connectivity index (χ2v) is 18.6. The lowest BCUT2D eigenvalue weighted by molar-refractivity contribution is -0.298. The Labute approximate surface area is 388 Å². The first-order chi connectivity index (χ1) is 30.9. The van der Waals surface area contributed by atoms with E-state index in [4.69, 9.17) is 9.47 Å². The average Bonchev–Trinajstić information content (AvgIpc) is 3.27. The first-order valence-electron chi connectivity index (χ1n) is 25.1. The molecule has 64 heavy (non-hydrogen) atoms. The van der Waals surface area contributed by atoms with Crippen molar-refractivity contribution >= 4 is 16.3 Å². The van der Waals surface area contributed by atoms with E-state index in [2.05, 4.69) is 59.8 Å². The summed E-state index contributed by atoms with van der Waals surface area (Å²) in [6.07, 6.45) is 37.6. The molecule has 1 rings (SSSR count). The van der Waals surface area contributed by atoms with Crippen molar-refractivity contribution in [2.75, 3.05) is 13.2 Å². The van der Waals surface area contributed by atoms with E-state index in [0.29, 0.717) is 12.8 Å². The molecule has 1 amide bonds. The second kappa shape index (κ2) is 40.1. The third-order valence-corrected chi connectivity index (χ3v) is 12.1. The molecule has 0 aromatic rings. The molecule has 0 aliphatic carbocycles. The zero-order valence-corrected chi connectivity index (χ0v) is 40.5. The third kappa shape index (κ3) is 31.9. The molecule has 0 spiro atoms. The van der Waals surface area contributed by atoms with Gasteiger partial charge in [0.05, 0.1) is 25.4 Å². The van der Waals surface area contributed by atoms with Crippen molar-refractivity contribution in [1.29, 1.82) is 0 Å². The van der Waals surface area contributed by atoms with Crippen molar-refractivity contribution < 1.29 is 57.0 Å². The highest BCUT2D eigenvalue weighted by atomic mass is 32.3. The Morgan fingerprint density at radius 1 is 0.625 bits per heavy atom. The van der Waals surface area contributed by atoms with Gasteiger partial charge in [-0.1, -0.05) is 178 Å². The molecule has 8 unspecified atom stereocenters. The predicted molar refractivity (Wildman–Crippen MR) is 256 cm³/mol. The van der Waals surface area contributed by atoms with E-state index in [1.54, 1.807) is 6.08 Å². The molecule has 1 heterocycles. The Morgan fingerprint density at radius 3 is 1.50 bits per heavy atom. The minimum Gasteiger partial charge on any atom is -0.394 e. The Balaban J connectivity index is 2.59. The Bertz CT molecular complexity index is 1340. The number of carbonyl (C=O) groups is 1. The van der Waals surface area contributed by atoms with E-state index in [9.17, 15) is 43.3 Å². The van der Waals surface area contributed by atoms with Gasteiger partial charge in [-0.25, -0.2) is 4.18 Å². The van der Waals surface area contributed by atoms with Crippen LogP contribution in [0.4, 0.5) is 0 Å². The van der Waals surface area contributed by atoms with Crippen molar-refractivity contribution in [1.82, 2.24) is 5.32 Å². The maximum Gasteiger partial charge on any atom is 0.397 e. The van der Waals surface area contributed by atoms with E-state index in [1.165, 1.54) is 102 Å². The van der Waals surface area contributed by atoms with Gasteiger partial charge in [-0.15, -0.1) is 0 Å². The maximum atomic E-state index is 13.1. The summed E-state index contributed by atoms with van der Waals surface area (Å²) < 4.78 is 47.6. The normalized spacial score (nSPS) is 21.2. The van der Waals surface area contributed by atoms with E-state index < -0.39 is 78.5 Å². The van der Waals surface area contributed by atoms with Gasteiger partial charge in [0.2, 0.25) is 5.91 Å². The molecule has 0 aromatic carbocycles. The lowest BCUT2D eigenvalue weighted by atomic mass is 9.99. The van der Waals surface area contributed by atoms with E-state index in [-0.39, 0.29) is 6.42 Å². The molecule has 0 saturated carbocycles. The first-order valence-corrected chi connectivity index (χ1v) is 26.5. The lowest BCUT2D eigenvalue weighted by Crippen LogP contribution is -2.61. The van der Waals surface area contributed by atoms with Crippen molar-refractivity contribution in [2.24, 2.45) is 0 Å². The third-order valence-electron chi connectivity index (χ3n) is 11.7. The number of ether oxygens (including phenoxy) is 2. The highest BCUT2D eigenvalue weighted by Gasteiger charge is 2.48. The van der Waals surface area contributed by atoms with Gasteiger partial charge in [0.15, 0.2) is 6.29 Å². The van der Waals surface area contributed by atoms with E-state index in [0.717, 1.165) is 70.6 Å². The van der Waals surface area contributed by atoms with Crippen LogP contribution in [-0.2, 0) is 28.9 Å². The monoisotopic (exact) mass is 930 g/mol. The first kappa shape index (κ1) is 60.0. The molecule has 1 aliphatic rings. The minimum absolute atomic E-state index is 0.225. The molecule has 0 radical (unpaired) electrons. The number of aliphatic hydroxyl groups is 5. The molecule has 374 valence electrons. The van der Waals surface area contributed by atoms with Crippen molar-refractivity contribution in [2.45, 2.75) is 249 Å². The molecular formula is C50H91NO12S. The summed E-state index contributed by atoms with van der Waals surface area (Å²) in [6, 6.07) is -1.15. The van der Waals surface area contributed by atoms with Crippen LogP contribution in [0.5, 0.6) is 0 Å². The van der Waals surface area contributed by atoms with Gasteiger partial charge in [0.1, 0.15) is 30.5 Å². The van der Waals surface area contributed by atoms with E-state index >= 15 is 0 Å². The number of unbranched alkanes of at least 4 members (excludes halogenated alkanes) is 23. The summed E-state index contributed by atoms with van der Waals surface area (Å²) in [5, 5.41) is 55.3. The van der Waals surface area contributed by atoms with Gasteiger partial charge < -0.3 is 40.3 Å². The molecule has 1 saturated heterocycles. The lowest BCUT2D eigenvalue weighted by Gasteiger charge is -2.41. The number of hydrogen-bond donors (Lipinski definition) is 7. The summed E-state index contributed by atoms with van der Waals surface area (Å²) in [5.74, 6) is -0.722. The van der Waals surface area contributed by atoms with Gasteiger partial charge >= 0.3 is 10.4 Å². The smallest absolute Gasteiger partial charge is 0.394 e. The number of aliphatic hydroxyl groups excluding tert-OH is 5. The van der Waals surface area contributed by atoms with Gasteiger partial charge in [0, 0.05) is 0 Å². The number of rotatable bonds is 42. The van der Waals surface area contributed by atoms with Crippen LogP contribution in [-0.4, -0.2) is 107 Å². The summed E-state index contributed by atoms with van der Waals surface area (Å²) in [7, 11) is -5.13. The standard InChI is InChI=1S/C50H91NO12S/c1-3-5-7-9-11-13-15-17-19-21-22-23-25-26-28-30-32-34-36-38-43(53)42(41-61-50-47(56)48(63-64(58,59)60)46(55)45(40-52)62-50)51-49(57)44(54)39-37-35-33-31-29-27-24-20-18-16-14-12-10-8-6-4-2/h18,20,22-23,28,30,36,38,42-48,50,52-56H,3-17,19,21,24-27,29,31-35,37,39-41H2,1-2H3,(H,51,57)(H,58,59,60)/b20-18-,23-22+,30-28+,38-36+. The molecule has 0 aromatic heterocycles. The Hall–Kier alpha value is -1.98.